The summed E-state index contributed by atoms with van der Waals surface area (Å²) in [7, 11) is 0. The van der Waals surface area contributed by atoms with Crippen LogP contribution in [-0.2, 0) is 0 Å². The molecule has 61 heavy (non-hydrogen) atoms. The van der Waals surface area contributed by atoms with Gasteiger partial charge >= 0.3 is 0 Å². The zero-order chi connectivity index (χ0) is 40.3. The Morgan fingerprint density at radius 2 is 0.902 bits per heavy atom. The molecule has 12 rings (SSSR count). The molecule has 0 saturated heterocycles. The second-order valence-corrected chi connectivity index (χ2v) is 15.7. The van der Waals surface area contributed by atoms with Gasteiger partial charge in [-0.05, 0) is 105 Å². The van der Waals surface area contributed by atoms with E-state index in [1.165, 1.54) is 54.8 Å². The first-order valence-electron chi connectivity index (χ1n) is 20.8. The lowest BCUT2D eigenvalue weighted by molar-refractivity contribution is 0.669. The molecule has 0 saturated carbocycles. The van der Waals surface area contributed by atoms with Crippen LogP contribution >= 0.6 is 0 Å². The zero-order valence-electron chi connectivity index (χ0n) is 33.2. The summed E-state index contributed by atoms with van der Waals surface area (Å²) < 4.78 is 8.67. The molecule has 0 aliphatic carbocycles. The normalized spacial score (nSPS) is 11.6. The molecule has 0 spiro atoms. The van der Waals surface area contributed by atoms with Crippen molar-refractivity contribution in [1.29, 1.82) is 0 Å². The van der Waals surface area contributed by atoms with Crippen molar-refractivity contribution >= 4 is 71.6 Å². The molecule has 0 amide bonds. The summed E-state index contributed by atoms with van der Waals surface area (Å²) in [6, 6.07) is 82.9. The highest BCUT2D eigenvalue weighted by molar-refractivity contribution is 6.13. The molecule has 0 fully saturated rings. The molecule has 3 nitrogen and oxygen atoms in total. The molecule has 286 valence electrons. The Balaban J connectivity index is 0.905. The van der Waals surface area contributed by atoms with Crippen molar-refractivity contribution in [3.05, 3.63) is 231 Å². The molecular formula is C58H38N2O. The van der Waals surface area contributed by atoms with E-state index in [0.29, 0.717) is 0 Å². The Hall–Kier alpha value is -8.14. The van der Waals surface area contributed by atoms with E-state index >= 15 is 0 Å². The molecule has 3 heteroatoms. The van der Waals surface area contributed by atoms with Crippen molar-refractivity contribution in [3.8, 4) is 39.1 Å². The summed E-state index contributed by atoms with van der Waals surface area (Å²) in [5.41, 5.74) is 15.7. The Morgan fingerprint density at radius 1 is 0.344 bits per heavy atom. The van der Waals surface area contributed by atoms with E-state index in [0.717, 1.165) is 55.8 Å². The molecule has 2 aromatic heterocycles. The minimum atomic E-state index is 0.895. The van der Waals surface area contributed by atoms with Crippen molar-refractivity contribution in [2.24, 2.45) is 0 Å². The van der Waals surface area contributed by atoms with Crippen molar-refractivity contribution in [1.82, 2.24) is 4.57 Å². The molecule has 0 unspecified atom stereocenters. The van der Waals surface area contributed by atoms with Crippen molar-refractivity contribution in [2.45, 2.75) is 0 Å². The van der Waals surface area contributed by atoms with Crippen molar-refractivity contribution in [2.75, 3.05) is 4.90 Å². The van der Waals surface area contributed by atoms with E-state index in [-0.39, 0.29) is 0 Å². The number of fused-ring (bicyclic) bond motifs is 7. The number of nitrogens with zero attached hydrogens (tertiary/aromatic N) is 2. The SMILES string of the molecule is c1cc(-c2cccc3oc4ccccc4c23)cc(N(c2ccc(-c3ccc(-c4cccc(-n5c6ccccc6c6ccccc65)c4)cc3)cc2)c2cccc3ccccc23)c1. The third kappa shape index (κ3) is 5.90. The van der Waals surface area contributed by atoms with Gasteiger partial charge in [0.2, 0.25) is 0 Å². The second-order valence-electron chi connectivity index (χ2n) is 15.7. The maximum atomic E-state index is 6.29. The van der Waals surface area contributed by atoms with Gasteiger partial charge in [-0.2, -0.15) is 0 Å². The van der Waals surface area contributed by atoms with Gasteiger partial charge in [0.25, 0.3) is 0 Å². The van der Waals surface area contributed by atoms with Gasteiger partial charge in [0.1, 0.15) is 11.2 Å². The topological polar surface area (TPSA) is 21.3 Å². The van der Waals surface area contributed by atoms with E-state index in [9.17, 15) is 0 Å². The van der Waals surface area contributed by atoms with Gasteiger partial charge in [-0.1, -0.05) is 164 Å². The number of para-hydroxylation sites is 3. The average Bonchev–Trinajstić information content (AvgIpc) is 3.88. The van der Waals surface area contributed by atoms with Gasteiger partial charge in [-0.3, -0.25) is 0 Å². The molecule has 12 aromatic rings. The zero-order valence-corrected chi connectivity index (χ0v) is 33.2. The Labute approximate surface area is 353 Å². The van der Waals surface area contributed by atoms with Gasteiger partial charge in [-0.25, -0.2) is 0 Å². The molecule has 0 bridgehead atoms. The lowest BCUT2D eigenvalue weighted by Crippen LogP contribution is -2.10. The van der Waals surface area contributed by atoms with Crippen LogP contribution in [0.15, 0.2) is 235 Å². The average molecular weight is 779 g/mol. The van der Waals surface area contributed by atoms with E-state index in [4.69, 9.17) is 4.42 Å². The molecule has 0 radical (unpaired) electrons. The summed E-state index contributed by atoms with van der Waals surface area (Å²) in [5.74, 6) is 0. The van der Waals surface area contributed by atoms with Crippen LogP contribution in [0.1, 0.15) is 0 Å². The predicted molar refractivity (Wildman–Crippen MR) is 257 cm³/mol. The first-order chi connectivity index (χ1) is 30.2. The van der Waals surface area contributed by atoms with Gasteiger partial charge in [0.05, 0.1) is 16.7 Å². The smallest absolute Gasteiger partial charge is 0.136 e. The highest BCUT2D eigenvalue weighted by Gasteiger charge is 2.19. The molecule has 0 N–H and O–H groups in total. The minimum absolute atomic E-state index is 0.895. The first kappa shape index (κ1) is 34.9. The van der Waals surface area contributed by atoms with Crippen LogP contribution in [0.5, 0.6) is 0 Å². The second kappa shape index (κ2) is 14.3. The highest BCUT2D eigenvalue weighted by atomic mass is 16.3. The quantitative estimate of drug-likeness (QED) is 0.161. The van der Waals surface area contributed by atoms with Crippen LogP contribution in [0.25, 0.3) is 93.6 Å². The fraction of sp³-hybridized carbons (Fsp3) is 0. The molecule has 0 atom stereocenters. The van der Waals surface area contributed by atoms with Crippen LogP contribution in [0.2, 0.25) is 0 Å². The summed E-state index contributed by atoms with van der Waals surface area (Å²) in [5, 5.41) is 7.20. The summed E-state index contributed by atoms with van der Waals surface area (Å²) in [6.45, 7) is 0. The number of aromatic nitrogens is 1. The fourth-order valence-electron chi connectivity index (χ4n) is 9.34. The number of anilines is 3. The van der Waals surface area contributed by atoms with E-state index in [2.05, 4.69) is 228 Å². The first-order valence-corrected chi connectivity index (χ1v) is 20.8. The van der Waals surface area contributed by atoms with E-state index < -0.39 is 0 Å². The molecule has 0 aliphatic heterocycles. The third-order valence-electron chi connectivity index (χ3n) is 12.2. The third-order valence-corrected chi connectivity index (χ3v) is 12.2. The van der Waals surface area contributed by atoms with Crippen molar-refractivity contribution in [3.63, 3.8) is 0 Å². The van der Waals surface area contributed by atoms with Crippen molar-refractivity contribution < 1.29 is 4.42 Å². The molecule has 2 heterocycles. The summed E-state index contributed by atoms with van der Waals surface area (Å²) >= 11 is 0. The lowest BCUT2D eigenvalue weighted by atomic mass is 9.98. The molecular weight excluding hydrogens is 741 g/mol. The predicted octanol–water partition coefficient (Wildman–Crippen LogP) is 16.3. The van der Waals surface area contributed by atoms with Gasteiger partial charge in [-0.15, -0.1) is 0 Å². The highest BCUT2D eigenvalue weighted by Crippen LogP contribution is 2.43. The lowest BCUT2D eigenvalue weighted by Gasteiger charge is -2.27. The van der Waals surface area contributed by atoms with Crippen LogP contribution < -0.4 is 4.90 Å². The van der Waals surface area contributed by atoms with Gasteiger partial charge in [0.15, 0.2) is 0 Å². The van der Waals surface area contributed by atoms with Gasteiger partial charge in [0, 0.05) is 44.0 Å². The van der Waals surface area contributed by atoms with Crippen LogP contribution in [0, 0.1) is 0 Å². The number of rotatable bonds is 7. The number of benzene rings is 10. The fourth-order valence-corrected chi connectivity index (χ4v) is 9.34. The number of furan rings is 1. The van der Waals surface area contributed by atoms with Crippen LogP contribution in [-0.4, -0.2) is 4.57 Å². The largest absolute Gasteiger partial charge is 0.456 e. The number of hydrogen-bond acceptors (Lipinski definition) is 2. The standard InChI is InChI=1S/C58H38N2O/c1-2-19-48-42(13-1)14-11-26-53(48)59(46-17-10-16-44(38-46)49-23-12-28-57-58(49)52-22-5-8-27-56(52)61-57)45-35-33-40(34-36-45)39-29-31-41(32-30-39)43-15-9-18-47(37-43)60-54-24-6-3-20-50(54)51-21-4-7-25-55(51)60/h1-38H. The van der Waals surface area contributed by atoms with Gasteiger partial charge < -0.3 is 13.9 Å². The van der Waals surface area contributed by atoms with E-state index in [1.807, 2.05) is 12.1 Å². The Morgan fingerprint density at radius 3 is 1.67 bits per heavy atom. The number of hydrogen-bond donors (Lipinski definition) is 0. The maximum Gasteiger partial charge on any atom is 0.136 e. The summed E-state index contributed by atoms with van der Waals surface area (Å²) in [4.78, 5) is 2.39. The van der Waals surface area contributed by atoms with E-state index in [1.54, 1.807) is 0 Å². The Bertz CT molecular complexity index is 3530. The molecule has 10 aromatic carbocycles. The van der Waals surface area contributed by atoms with Crippen LogP contribution in [0.4, 0.5) is 17.1 Å². The maximum absolute atomic E-state index is 6.29. The Kier molecular flexibility index (Phi) is 8.17. The van der Waals surface area contributed by atoms with Crippen LogP contribution in [0.3, 0.4) is 0 Å². The molecule has 0 aliphatic rings. The summed E-state index contributed by atoms with van der Waals surface area (Å²) in [6.07, 6.45) is 0. The minimum Gasteiger partial charge on any atom is -0.456 e. The monoisotopic (exact) mass is 778 g/mol.